The standard InChI is InChI=1S/C16H24N2O/c1-2-10-17-14(4-1)6-11-18-15-5-3-7-16(15)8-12-19-13-9-16/h1-2,4,10,15,18H,3,5-9,11-13H2/t15-/m1/s1. The molecule has 3 nitrogen and oxygen atoms in total. The van der Waals surface area contributed by atoms with Crippen LogP contribution in [0.4, 0.5) is 0 Å². The van der Waals surface area contributed by atoms with E-state index in [1.54, 1.807) is 0 Å². The molecule has 0 unspecified atom stereocenters. The van der Waals surface area contributed by atoms with E-state index in [9.17, 15) is 0 Å². The topological polar surface area (TPSA) is 34.1 Å². The first kappa shape index (κ1) is 13.1. The van der Waals surface area contributed by atoms with Crippen molar-refractivity contribution in [1.82, 2.24) is 10.3 Å². The highest BCUT2D eigenvalue weighted by Gasteiger charge is 2.43. The van der Waals surface area contributed by atoms with Crippen LogP contribution in [0.15, 0.2) is 24.4 Å². The number of hydrogen-bond acceptors (Lipinski definition) is 3. The van der Waals surface area contributed by atoms with Crippen molar-refractivity contribution in [2.75, 3.05) is 19.8 Å². The van der Waals surface area contributed by atoms with Crippen LogP contribution in [-0.4, -0.2) is 30.8 Å². The molecular weight excluding hydrogens is 236 g/mol. The Morgan fingerprint density at radius 1 is 1.26 bits per heavy atom. The van der Waals surface area contributed by atoms with Crippen molar-refractivity contribution in [3.63, 3.8) is 0 Å². The summed E-state index contributed by atoms with van der Waals surface area (Å²) in [6.45, 7) is 2.96. The van der Waals surface area contributed by atoms with Crippen LogP contribution in [0.2, 0.25) is 0 Å². The number of nitrogens with zero attached hydrogens (tertiary/aromatic N) is 1. The first-order valence-corrected chi connectivity index (χ1v) is 7.60. The Morgan fingerprint density at radius 2 is 2.16 bits per heavy atom. The molecule has 1 aliphatic carbocycles. The lowest BCUT2D eigenvalue weighted by Crippen LogP contribution is -2.45. The van der Waals surface area contributed by atoms with Gasteiger partial charge in [0.05, 0.1) is 0 Å². The zero-order chi connectivity index (χ0) is 13.0. The third-order valence-electron chi connectivity index (χ3n) is 4.89. The maximum atomic E-state index is 5.54. The fourth-order valence-electron chi connectivity index (χ4n) is 3.75. The van der Waals surface area contributed by atoms with Gasteiger partial charge >= 0.3 is 0 Å². The average molecular weight is 260 g/mol. The third kappa shape index (κ3) is 2.98. The summed E-state index contributed by atoms with van der Waals surface area (Å²) in [5.74, 6) is 0. The van der Waals surface area contributed by atoms with Gasteiger partial charge < -0.3 is 10.1 Å². The molecule has 0 aromatic carbocycles. The molecule has 1 aliphatic heterocycles. The molecule has 2 aliphatic rings. The number of nitrogens with one attached hydrogen (secondary N) is 1. The highest BCUT2D eigenvalue weighted by atomic mass is 16.5. The third-order valence-corrected chi connectivity index (χ3v) is 4.89. The van der Waals surface area contributed by atoms with Gasteiger partial charge in [-0.2, -0.15) is 0 Å². The number of rotatable bonds is 4. The molecule has 1 saturated heterocycles. The second-order valence-corrected chi connectivity index (χ2v) is 5.94. The molecule has 1 saturated carbocycles. The second kappa shape index (κ2) is 6.02. The van der Waals surface area contributed by atoms with E-state index >= 15 is 0 Å². The van der Waals surface area contributed by atoms with E-state index in [0.717, 1.165) is 26.2 Å². The van der Waals surface area contributed by atoms with Gasteiger partial charge in [-0.15, -0.1) is 0 Å². The molecule has 1 spiro atoms. The quantitative estimate of drug-likeness (QED) is 0.903. The molecule has 0 amide bonds. The average Bonchev–Trinajstić information content (AvgIpc) is 2.83. The van der Waals surface area contributed by atoms with Crippen LogP contribution in [0.5, 0.6) is 0 Å². The van der Waals surface area contributed by atoms with Gasteiger partial charge in [0.2, 0.25) is 0 Å². The van der Waals surface area contributed by atoms with E-state index in [1.807, 2.05) is 12.3 Å². The van der Waals surface area contributed by atoms with Crippen LogP contribution in [0.1, 0.15) is 37.8 Å². The molecular formula is C16H24N2O. The number of pyridine rings is 1. The van der Waals surface area contributed by atoms with Crippen molar-refractivity contribution >= 4 is 0 Å². The van der Waals surface area contributed by atoms with Gasteiger partial charge in [-0.3, -0.25) is 4.98 Å². The first-order chi connectivity index (χ1) is 9.39. The van der Waals surface area contributed by atoms with Crippen LogP contribution in [0.25, 0.3) is 0 Å². The Labute approximate surface area is 115 Å². The van der Waals surface area contributed by atoms with E-state index in [-0.39, 0.29) is 0 Å². The molecule has 3 heteroatoms. The molecule has 1 N–H and O–H groups in total. The molecule has 1 aromatic heterocycles. The molecule has 2 fully saturated rings. The first-order valence-electron chi connectivity index (χ1n) is 7.60. The summed E-state index contributed by atoms with van der Waals surface area (Å²) < 4.78 is 5.54. The van der Waals surface area contributed by atoms with Gasteiger partial charge in [0.1, 0.15) is 0 Å². The summed E-state index contributed by atoms with van der Waals surface area (Å²) in [4.78, 5) is 4.39. The molecule has 3 rings (SSSR count). The van der Waals surface area contributed by atoms with E-state index < -0.39 is 0 Å². The Hall–Kier alpha value is -0.930. The predicted molar refractivity (Wildman–Crippen MR) is 76.1 cm³/mol. The summed E-state index contributed by atoms with van der Waals surface area (Å²) in [6.07, 6.45) is 9.50. The van der Waals surface area contributed by atoms with Crippen molar-refractivity contribution in [1.29, 1.82) is 0 Å². The highest BCUT2D eigenvalue weighted by Crippen LogP contribution is 2.45. The summed E-state index contributed by atoms with van der Waals surface area (Å²) >= 11 is 0. The normalized spacial score (nSPS) is 25.8. The van der Waals surface area contributed by atoms with Gasteiger partial charge in [-0.1, -0.05) is 12.5 Å². The SMILES string of the molecule is c1ccc(CCN[C@@H]2CCCC23CCOCC3)nc1. The number of aromatic nitrogens is 1. The smallest absolute Gasteiger partial charge is 0.0471 e. The largest absolute Gasteiger partial charge is 0.381 e. The summed E-state index contributed by atoms with van der Waals surface area (Å²) in [5, 5.41) is 3.80. The fraction of sp³-hybridized carbons (Fsp3) is 0.688. The van der Waals surface area contributed by atoms with Gasteiger partial charge in [-0.05, 0) is 43.2 Å². The minimum Gasteiger partial charge on any atom is -0.381 e. The lowest BCUT2D eigenvalue weighted by atomic mass is 9.75. The lowest BCUT2D eigenvalue weighted by molar-refractivity contribution is 0.00455. The molecule has 19 heavy (non-hydrogen) atoms. The van der Waals surface area contributed by atoms with Crippen LogP contribution in [-0.2, 0) is 11.2 Å². The summed E-state index contributed by atoms with van der Waals surface area (Å²) in [5.41, 5.74) is 1.72. The van der Waals surface area contributed by atoms with E-state index in [4.69, 9.17) is 4.74 Å². The maximum Gasteiger partial charge on any atom is 0.0471 e. The van der Waals surface area contributed by atoms with E-state index in [0.29, 0.717) is 11.5 Å². The van der Waals surface area contributed by atoms with Gasteiger partial charge in [0.25, 0.3) is 0 Å². The van der Waals surface area contributed by atoms with Gasteiger partial charge in [0.15, 0.2) is 0 Å². The van der Waals surface area contributed by atoms with E-state index in [2.05, 4.69) is 22.4 Å². The summed E-state index contributed by atoms with van der Waals surface area (Å²) in [7, 11) is 0. The molecule has 0 radical (unpaired) electrons. The number of hydrogen-bond donors (Lipinski definition) is 1. The molecule has 1 aromatic rings. The predicted octanol–water partition coefficient (Wildman–Crippen LogP) is 2.56. The molecule has 0 bridgehead atoms. The van der Waals surface area contributed by atoms with Crippen molar-refractivity contribution in [3.05, 3.63) is 30.1 Å². The molecule has 2 heterocycles. The van der Waals surface area contributed by atoms with Crippen molar-refractivity contribution in [2.45, 2.75) is 44.6 Å². The maximum absolute atomic E-state index is 5.54. The van der Waals surface area contributed by atoms with Crippen LogP contribution in [0, 0.1) is 5.41 Å². The van der Waals surface area contributed by atoms with Crippen LogP contribution in [0.3, 0.4) is 0 Å². The number of ether oxygens (including phenoxy) is 1. The Bertz CT molecular complexity index is 387. The molecule has 104 valence electrons. The minimum absolute atomic E-state index is 0.530. The van der Waals surface area contributed by atoms with Crippen LogP contribution < -0.4 is 5.32 Å². The highest BCUT2D eigenvalue weighted by molar-refractivity contribution is 5.04. The van der Waals surface area contributed by atoms with Gasteiger partial charge in [0, 0.05) is 44.1 Å². The monoisotopic (exact) mass is 260 g/mol. The Kier molecular flexibility index (Phi) is 4.14. The lowest BCUT2D eigenvalue weighted by Gasteiger charge is -2.39. The Balaban J connectivity index is 1.51. The van der Waals surface area contributed by atoms with E-state index in [1.165, 1.54) is 37.8 Å². The Morgan fingerprint density at radius 3 is 2.95 bits per heavy atom. The zero-order valence-corrected chi connectivity index (χ0v) is 11.6. The van der Waals surface area contributed by atoms with Crippen molar-refractivity contribution in [2.24, 2.45) is 5.41 Å². The fourth-order valence-corrected chi connectivity index (χ4v) is 3.75. The van der Waals surface area contributed by atoms with Crippen molar-refractivity contribution < 1.29 is 4.74 Å². The minimum atomic E-state index is 0.530. The summed E-state index contributed by atoms with van der Waals surface area (Å²) in [6, 6.07) is 6.85. The van der Waals surface area contributed by atoms with Gasteiger partial charge in [-0.25, -0.2) is 0 Å². The van der Waals surface area contributed by atoms with Crippen molar-refractivity contribution in [3.8, 4) is 0 Å². The van der Waals surface area contributed by atoms with Crippen LogP contribution >= 0.6 is 0 Å². The zero-order valence-electron chi connectivity index (χ0n) is 11.6. The second-order valence-electron chi connectivity index (χ2n) is 5.94. The molecule has 1 atom stereocenters.